The second kappa shape index (κ2) is 31.2. The van der Waals surface area contributed by atoms with Gasteiger partial charge in [0.15, 0.2) is 0 Å². The third-order valence-electron chi connectivity index (χ3n) is 7.75. The van der Waals surface area contributed by atoms with Crippen LogP contribution in [0.15, 0.2) is 12.2 Å². The van der Waals surface area contributed by atoms with E-state index in [1.54, 1.807) is 0 Å². The van der Waals surface area contributed by atoms with E-state index in [2.05, 4.69) is 26.0 Å². The van der Waals surface area contributed by atoms with E-state index in [1.807, 2.05) is 0 Å². The lowest BCUT2D eigenvalue weighted by Crippen LogP contribution is -2.19. The summed E-state index contributed by atoms with van der Waals surface area (Å²) in [4.78, 5) is 23.4. The van der Waals surface area contributed by atoms with Gasteiger partial charge in [-0.3, -0.25) is 9.59 Å². The lowest BCUT2D eigenvalue weighted by atomic mass is 10.0. The van der Waals surface area contributed by atoms with Crippen molar-refractivity contribution in [2.75, 3.05) is 0 Å². The molecule has 0 aromatic heterocycles. The number of rotatable bonds is 31. The largest absolute Gasteiger partial charge is 0.481 e. The monoisotopic (exact) mass is 550 g/mol. The molecule has 0 aliphatic carbocycles. The van der Waals surface area contributed by atoms with E-state index >= 15 is 0 Å². The van der Waals surface area contributed by atoms with Crippen LogP contribution in [0.2, 0.25) is 0 Å². The van der Waals surface area contributed by atoms with Crippen LogP contribution in [0.25, 0.3) is 0 Å². The molecule has 0 aliphatic rings. The molecule has 230 valence electrons. The van der Waals surface area contributed by atoms with E-state index in [4.69, 9.17) is 9.84 Å². The summed E-state index contributed by atoms with van der Waals surface area (Å²) < 4.78 is 5.70. The summed E-state index contributed by atoms with van der Waals surface area (Å²) in [5.41, 5.74) is 0. The number of ether oxygens (including phenoxy) is 1. The third-order valence-corrected chi connectivity index (χ3v) is 7.75. The number of allylic oxidation sites excluding steroid dienone is 2. The molecule has 1 atom stereocenters. The van der Waals surface area contributed by atoms with Gasteiger partial charge in [-0.05, 0) is 51.4 Å². The molecule has 1 N–H and O–H groups in total. The number of esters is 1. The Labute approximate surface area is 243 Å². The van der Waals surface area contributed by atoms with Crippen molar-refractivity contribution in [3.8, 4) is 0 Å². The van der Waals surface area contributed by atoms with Crippen molar-refractivity contribution in [1.82, 2.24) is 0 Å². The quantitative estimate of drug-likeness (QED) is 0.0529. The van der Waals surface area contributed by atoms with E-state index in [9.17, 15) is 9.59 Å². The Morgan fingerprint density at radius 2 is 0.949 bits per heavy atom. The standard InChI is InChI=1S/C35H66O4/c1-3-5-7-9-11-13-15-17-18-20-22-24-26-28-30-35(38)39-33(31-32-34(36)37)29-27-25-23-21-19-16-14-12-10-8-6-4-2/h13,15,33H,3-12,14,16-32H2,1-2H3,(H,36,37)/b15-13-. The fourth-order valence-electron chi connectivity index (χ4n) is 5.17. The fourth-order valence-corrected chi connectivity index (χ4v) is 5.17. The van der Waals surface area contributed by atoms with Crippen LogP contribution in [-0.2, 0) is 14.3 Å². The maximum atomic E-state index is 12.4. The summed E-state index contributed by atoms with van der Waals surface area (Å²) >= 11 is 0. The molecule has 4 nitrogen and oxygen atoms in total. The molecule has 0 aromatic rings. The van der Waals surface area contributed by atoms with E-state index in [0.29, 0.717) is 12.8 Å². The zero-order chi connectivity index (χ0) is 28.7. The molecule has 0 bridgehead atoms. The molecule has 0 heterocycles. The maximum absolute atomic E-state index is 12.4. The van der Waals surface area contributed by atoms with Crippen molar-refractivity contribution in [2.45, 2.75) is 200 Å². The lowest BCUT2D eigenvalue weighted by Gasteiger charge is -2.17. The topological polar surface area (TPSA) is 63.6 Å². The van der Waals surface area contributed by atoms with Gasteiger partial charge in [-0.2, -0.15) is 0 Å². The number of carboxylic acid groups (broad SMARTS) is 1. The number of hydrogen-bond donors (Lipinski definition) is 1. The second-order valence-corrected chi connectivity index (χ2v) is 11.7. The smallest absolute Gasteiger partial charge is 0.306 e. The minimum Gasteiger partial charge on any atom is -0.481 e. The third kappa shape index (κ3) is 31.1. The first-order valence-electron chi connectivity index (χ1n) is 17.2. The van der Waals surface area contributed by atoms with Gasteiger partial charge in [0.25, 0.3) is 0 Å². The molecule has 1 unspecified atom stereocenters. The Kier molecular flexibility index (Phi) is 30.2. The average Bonchev–Trinajstić information content (AvgIpc) is 2.92. The highest BCUT2D eigenvalue weighted by Gasteiger charge is 2.15. The van der Waals surface area contributed by atoms with E-state index in [-0.39, 0.29) is 18.5 Å². The number of hydrogen-bond acceptors (Lipinski definition) is 3. The Balaban J connectivity index is 3.77. The number of unbranched alkanes of at least 4 members (excludes halogenated alkanes) is 21. The summed E-state index contributed by atoms with van der Waals surface area (Å²) in [6, 6.07) is 0. The number of carbonyl (C=O) groups is 2. The first kappa shape index (κ1) is 37.7. The van der Waals surface area contributed by atoms with Gasteiger partial charge in [0.05, 0.1) is 0 Å². The van der Waals surface area contributed by atoms with E-state index in [0.717, 1.165) is 32.1 Å². The predicted octanol–water partition coefficient (Wildman–Crippen LogP) is 11.5. The Bertz CT molecular complexity index is 557. The van der Waals surface area contributed by atoms with Crippen LogP contribution in [0, 0.1) is 0 Å². The minimum absolute atomic E-state index is 0.0737. The van der Waals surface area contributed by atoms with Crippen LogP contribution in [0.1, 0.15) is 194 Å². The average molecular weight is 551 g/mol. The normalized spacial score (nSPS) is 12.3. The van der Waals surface area contributed by atoms with Crippen LogP contribution in [0.5, 0.6) is 0 Å². The molecule has 0 fully saturated rings. The number of carboxylic acids is 1. The van der Waals surface area contributed by atoms with Gasteiger partial charge in [-0.25, -0.2) is 0 Å². The first-order chi connectivity index (χ1) is 19.1. The molecular formula is C35H66O4. The number of aliphatic carboxylic acids is 1. The summed E-state index contributed by atoms with van der Waals surface area (Å²) in [7, 11) is 0. The van der Waals surface area contributed by atoms with Gasteiger partial charge >= 0.3 is 11.9 Å². The van der Waals surface area contributed by atoms with Crippen molar-refractivity contribution >= 4 is 11.9 Å². The molecule has 0 radical (unpaired) electrons. The van der Waals surface area contributed by atoms with Gasteiger partial charge in [-0.15, -0.1) is 0 Å². The minimum atomic E-state index is -0.812. The van der Waals surface area contributed by atoms with Gasteiger partial charge < -0.3 is 9.84 Å². The van der Waals surface area contributed by atoms with Gasteiger partial charge in [0.2, 0.25) is 0 Å². The van der Waals surface area contributed by atoms with Crippen molar-refractivity contribution in [1.29, 1.82) is 0 Å². The zero-order valence-corrected chi connectivity index (χ0v) is 26.2. The van der Waals surface area contributed by atoms with Gasteiger partial charge in [0, 0.05) is 12.8 Å². The molecular weight excluding hydrogens is 484 g/mol. The second-order valence-electron chi connectivity index (χ2n) is 11.7. The fraction of sp³-hybridized carbons (Fsp3) is 0.886. The molecule has 0 spiro atoms. The highest BCUT2D eigenvalue weighted by atomic mass is 16.5. The number of carbonyl (C=O) groups excluding carboxylic acids is 1. The Hall–Kier alpha value is -1.32. The van der Waals surface area contributed by atoms with Crippen LogP contribution < -0.4 is 0 Å². The molecule has 0 rings (SSSR count). The molecule has 39 heavy (non-hydrogen) atoms. The summed E-state index contributed by atoms with van der Waals surface area (Å²) in [6.45, 7) is 4.52. The molecule has 4 heteroatoms. The molecule has 0 saturated carbocycles. The Morgan fingerprint density at radius 1 is 0.538 bits per heavy atom. The van der Waals surface area contributed by atoms with Gasteiger partial charge in [-0.1, -0.05) is 142 Å². The summed E-state index contributed by atoms with van der Waals surface area (Å²) in [5, 5.41) is 9.07. The Morgan fingerprint density at radius 3 is 1.44 bits per heavy atom. The van der Waals surface area contributed by atoms with Gasteiger partial charge in [0.1, 0.15) is 6.10 Å². The van der Waals surface area contributed by atoms with Crippen LogP contribution in [0.4, 0.5) is 0 Å². The van der Waals surface area contributed by atoms with Crippen LogP contribution in [-0.4, -0.2) is 23.1 Å². The van der Waals surface area contributed by atoms with Crippen LogP contribution >= 0.6 is 0 Å². The zero-order valence-electron chi connectivity index (χ0n) is 26.2. The van der Waals surface area contributed by atoms with Crippen molar-refractivity contribution in [3.05, 3.63) is 12.2 Å². The van der Waals surface area contributed by atoms with Crippen molar-refractivity contribution in [3.63, 3.8) is 0 Å². The summed E-state index contributed by atoms with van der Waals surface area (Å²) in [5.74, 6) is -0.957. The summed E-state index contributed by atoms with van der Waals surface area (Å²) in [6.07, 6.45) is 36.4. The molecule has 0 aromatic carbocycles. The first-order valence-corrected chi connectivity index (χ1v) is 17.2. The van der Waals surface area contributed by atoms with E-state index < -0.39 is 5.97 Å². The van der Waals surface area contributed by atoms with Crippen molar-refractivity contribution in [2.24, 2.45) is 0 Å². The lowest BCUT2D eigenvalue weighted by molar-refractivity contribution is -0.151. The SMILES string of the molecule is CCCCCC/C=C\CCCCCCCCC(=O)OC(CCCCCCCCCCCCCC)CCC(=O)O. The molecule has 0 amide bonds. The van der Waals surface area contributed by atoms with Crippen LogP contribution in [0.3, 0.4) is 0 Å². The van der Waals surface area contributed by atoms with E-state index in [1.165, 1.54) is 128 Å². The predicted molar refractivity (Wildman–Crippen MR) is 167 cm³/mol. The highest BCUT2D eigenvalue weighted by molar-refractivity contribution is 5.69. The molecule has 0 saturated heterocycles. The van der Waals surface area contributed by atoms with Crippen molar-refractivity contribution < 1.29 is 19.4 Å². The maximum Gasteiger partial charge on any atom is 0.306 e. The molecule has 0 aliphatic heterocycles. The highest BCUT2D eigenvalue weighted by Crippen LogP contribution is 2.17.